The fourth-order valence-electron chi connectivity index (χ4n) is 3.13. The van der Waals surface area contributed by atoms with Crippen LogP contribution in [0.15, 0.2) is 42.7 Å². The van der Waals surface area contributed by atoms with E-state index in [9.17, 15) is 8.42 Å². The first-order valence-corrected chi connectivity index (χ1v) is 11.7. The summed E-state index contributed by atoms with van der Waals surface area (Å²) in [4.78, 5) is 9.62. The highest BCUT2D eigenvalue weighted by atomic mass is 32.2. The van der Waals surface area contributed by atoms with E-state index in [0.29, 0.717) is 5.69 Å². The van der Waals surface area contributed by atoms with E-state index in [4.69, 9.17) is 10.1 Å². The summed E-state index contributed by atoms with van der Waals surface area (Å²) in [6.45, 7) is 7.82. The number of nitrogens with two attached hydrogens (primary N) is 1. The van der Waals surface area contributed by atoms with Gasteiger partial charge in [0.15, 0.2) is 0 Å². The molecular formula is C21H24FN3O2S2. The number of primary sulfonamides is 1. The molecule has 3 rings (SSSR count). The van der Waals surface area contributed by atoms with Crippen molar-refractivity contribution in [2.45, 2.75) is 44.8 Å². The molecule has 1 unspecified atom stereocenters. The molecule has 1 aromatic carbocycles. The van der Waals surface area contributed by atoms with Gasteiger partial charge < -0.3 is 0 Å². The Labute approximate surface area is 174 Å². The Bertz CT molecular complexity index is 1120. The van der Waals surface area contributed by atoms with Gasteiger partial charge in [-0.3, -0.25) is 4.98 Å². The Morgan fingerprint density at radius 3 is 2.38 bits per heavy atom. The normalized spacial score (nSPS) is 13.4. The molecule has 0 aliphatic carbocycles. The van der Waals surface area contributed by atoms with E-state index >= 15 is 4.39 Å². The van der Waals surface area contributed by atoms with Gasteiger partial charge in [-0.15, -0.1) is 11.3 Å². The minimum atomic E-state index is -3.94. The van der Waals surface area contributed by atoms with Gasteiger partial charge >= 0.3 is 0 Å². The molecule has 0 saturated carbocycles. The highest BCUT2D eigenvalue weighted by Crippen LogP contribution is 2.42. The SMILES string of the molecule is CCC(c1cccc(-c2nc(C(C)(C)C)sc2-c2ccncc2)c1F)S(N)(=O)=O. The van der Waals surface area contributed by atoms with Crippen LogP contribution >= 0.6 is 11.3 Å². The smallest absolute Gasteiger partial charge is 0.216 e. The maximum atomic E-state index is 15.6. The maximum absolute atomic E-state index is 15.6. The Morgan fingerprint density at radius 2 is 1.83 bits per heavy atom. The largest absolute Gasteiger partial charge is 0.265 e. The van der Waals surface area contributed by atoms with Crippen LogP contribution in [0.3, 0.4) is 0 Å². The van der Waals surface area contributed by atoms with Crippen molar-refractivity contribution in [1.29, 1.82) is 0 Å². The Morgan fingerprint density at radius 1 is 1.17 bits per heavy atom. The van der Waals surface area contributed by atoms with Gasteiger partial charge in [0.25, 0.3) is 0 Å². The Hall–Kier alpha value is -2.16. The van der Waals surface area contributed by atoms with Crippen LogP contribution in [0.4, 0.5) is 4.39 Å². The monoisotopic (exact) mass is 433 g/mol. The van der Waals surface area contributed by atoms with Gasteiger partial charge in [-0.05, 0) is 30.2 Å². The van der Waals surface area contributed by atoms with Gasteiger partial charge in [0.05, 0.1) is 15.6 Å². The topological polar surface area (TPSA) is 85.9 Å². The second-order valence-electron chi connectivity index (χ2n) is 7.88. The van der Waals surface area contributed by atoms with Gasteiger partial charge in [0, 0.05) is 28.9 Å². The van der Waals surface area contributed by atoms with Crippen molar-refractivity contribution in [3.05, 3.63) is 59.1 Å². The zero-order chi connectivity index (χ0) is 21.4. The summed E-state index contributed by atoms with van der Waals surface area (Å²) in [6, 6.07) is 8.45. The summed E-state index contributed by atoms with van der Waals surface area (Å²) in [5.74, 6) is -0.602. The standard InChI is InChI=1S/C21H24FN3O2S2/c1-5-16(29(23,26)27)14-7-6-8-15(17(14)22)18-19(13-9-11-24-12-10-13)28-20(25-18)21(2,3)4/h6-12,16H,5H2,1-4H3,(H2,23,26,27). The lowest BCUT2D eigenvalue weighted by Gasteiger charge is -2.16. The van der Waals surface area contributed by atoms with E-state index in [-0.39, 0.29) is 23.0 Å². The van der Waals surface area contributed by atoms with Gasteiger partial charge in [0.1, 0.15) is 11.1 Å². The maximum Gasteiger partial charge on any atom is 0.216 e. The number of benzene rings is 1. The van der Waals surface area contributed by atoms with Gasteiger partial charge in [-0.25, -0.2) is 22.9 Å². The summed E-state index contributed by atoms with van der Waals surface area (Å²) >= 11 is 1.50. The minimum Gasteiger partial charge on any atom is -0.265 e. The van der Waals surface area contributed by atoms with Crippen molar-refractivity contribution in [1.82, 2.24) is 9.97 Å². The lowest BCUT2D eigenvalue weighted by Crippen LogP contribution is -2.22. The number of aromatic nitrogens is 2. The van der Waals surface area contributed by atoms with Crippen LogP contribution in [0.5, 0.6) is 0 Å². The number of rotatable bonds is 5. The summed E-state index contributed by atoms with van der Waals surface area (Å²) in [6.07, 6.45) is 3.54. The second-order valence-corrected chi connectivity index (χ2v) is 10.6. The second kappa shape index (κ2) is 7.93. The van der Waals surface area contributed by atoms with Crippen LogP contribution in [0, 0.1) is 5.82 Å². The molecule has 154 valence electrons. The van der Waals surface area contributed by atoms with E-state index in [0.717, 1.165) is 15.4 Å². The van der Waals surface area contributed by atoms with E-state index in [1.54, 1.807) is 31.5 Å². The van der Waals surface area contributed by atoms with Crippen LogP contribution in [0.2, 0.25) is 0 Å². The third kappa shape index (κ3) is 4.39. The number of pyridine rings is 1. The first-order valence-electron chi connectivity index (χ1n) is 9.26. The van der Waals surface area contributed by atoms with Crippen LogP contribution in [0.25, 0.3) is 21.7 Å². The summed E-state index contributed by atoms with van der Waals surface area (Å²) in [5, 5.41) is 5.11. The molecule has 3 aromatic rings. The molecule has 5 nitrogen and oxygen atoms in total. The number of sulfonamides is 1. The first kappa shape index (κ1) is 21.5. The zero-order valence-electron chi connectivity index (χ0n) is 16.8. The van der Waals surface area contributed by atoms with Crippen molar-refractivity contribution < 1.29 is 12.8 Å². The fourth-order valence-corrected chi connectivity index (χ4v) is 5.28. The molecule has 1 atom stereocenters. The molecule has 8 heteroatoms. The quantitative estimate of drug-likeness (QED) is 0.610. The molecule has 0 saturated heterocycles. The molecule has 0 amide bonds. The van der Waals surface area contributed by atoms with Gasteiger partial charge in [-0.1, -0.05) is 39.8 Å². The van der Waals surface area contributed by atoms with Crippen molar-refractivity contribution in [2.24, 2.45) is 5.14 Å². The molecule has 2 aromatic heterocycles. The molecule has 29 heavy (non-hydrogen) atoms. The molecule has 0 fully saturated rings. The van der Waals surface area contributed by atoms with Crippen LogP contribution < -0.4 is 5.14 Å². The molecule has 0 radical (unpaired) electrons. The van der Waals surface area contributed by atoms with Crippen LogP contribution in [-0.2, 0) is 15.4 Å². The van der Waals surface area contributed by atoms with Gasteiger partial charge in [-0.2, -0.15) is 0 Å². The van der Waals surface area contributed by atoms with Gasteiger partial charge in [0.2, 0.25) is 10.0 Å². The fraction of sp³-hybridized carbons (Fsp3) is 0.333. The molecular weight excluding hydrogens is 409 g/mol. The zero-order valence-corrected chi connectivity index (χ0v) is 18.4. The predicted molar refractivity (Wildman–Crippen MR) is 116 cm³/mol. The summed E-state index contributed by atoms with van der Waals surface area (Å²) < 4.78 is 39.5. The molecule has 0 spiro atoms. The molecule has 2 N–H and O–H groups in total. The summed E-state index contributed by atoms with van der Waals surface area (Å²) in [5.41, 5.74) is 1.49. The molecule has 0 aliphatic heterocycles. The average molecular weight is 434 g/mol. The summed E-state index contributed by atoms with van der Waals surface area (Å²) in [7, 11) is -3.94. The number of thiazole rings is 1. The minimum absolute atomic E-state index is 0.0680. The number of halogens is 1. The van der Waals surface area contributed by atoms with E-state index in [2.05, 4.69) is 4.98 Å². The highest BCUT2D eigenvalue weighted by Gasteiger charge is 2.29. The van der Waals surface area contributed by atoms with Crippen molar-refractivity contribution >= 4 is 21.4 Å². The van der Waals surface area contributed by atoms with E-state index < -0.39 is 21.1 Å². The van der Waals surface area contributed by atoms with E-state index in [1.165, 1.54) is 17.4 Å². The molecule has 0 aliphatic rings. The van der Waals surface area contributed by atoms with E-state index in [1.807, 2.05) is 32.9 Å². The lowest BCUT2D eigenvalue weighted by atomic mass is 9.97. The third-order valence-electron chi connectivity index (χ3n) is 4.61. The van der Waals surface area contributed by atoms with Crippen molar-refractivity contribution in [3.63, 3.8) is 0 Å². The number of hydrogen-bond donors (Lipinski definition) is 1. The highest BCUT2D eigenvalue weighted by molar-refractivity contribution is 7.89. The predicted octanol–water partition coefficient (Wildman–Crippen LogP) is 5.05. The lowest BCUT2D eigenvalue weighted by molar-refractivity contribution is 0.566. The molecule has 2 heterocycles. The van der Waals surface area contributed by atoms with Crippen LogP contribution in [-0.4, -0.2) is 18.4 Å². The third-order valence-corrected chi connectivity index (χ3v) is 7.52. The Balaban J connectivity index is 2.26. The Kier molecular flexibility index (Phi) is 5.89. The van der Waals surface area contributed by atoms with Crippen molar-refractivity contribution in [2.75, 3.05) is 0 Å². The number of nitrogens with zero attached hydrogens (tertiary/aromatic N) is 2. The first-order chi connectivity index (χ1) is 13.5. The number of hydrogen-bond acceptors (Lipinski definition) is 5. The average Bonchev–Trinajstić information content (AvgIpc) is 3.09. The van der Waals surface area contributed by atoms with Crippen molar-refractivity contribution in [3.8, 4) is 21.7 Å². The molecule has 0 bridgehead atoms. The van der Waals surface area contributed by atoms with Crippen LogP contribution in [0.1, 0.15) is 49.9 Å².